The molecule has 1 aromatic heterocycles. The van der Waals surface area contributed by atoms with Gasteiger partial charge in [-0.3, -0.25) is 0 Å². The van der Waals surface area contributed by atoms with Gasteiger partial charge in [0.1, 0.15) is 5.82 Å². The molecule has 1 aromatic rings. The third-order valence-electron chi connectivity index (χ3n) is 1.29. The molecule has 0 unspecified atom stereocenters. The van der Waals surface area contributed by atoms with Crippen LogP contribution in [0.2, 0.25) is 0 Å². The smallest absolute Gasteiger partial charge is 0.131 e. The van der Waals surface area contributed by atoms with Crippen LogP contribution >= 0.6 is 0 Å². The minimum atomic E-state index is 0.933. The van der Waals surface area contributed by atoms with E-state index in [4.69, 9.17) is 0 Å². The summed E-state index contributed by atoms with van der Waals surface area (Å²) in [5.41, 5.74) is 0.965. The highest BCUT2D eigenvalue weighted by atomic mass is 15.1. The average molecular weight is 135 g/mol. The largest absolute Gasteiger partial charge is 0.363 e. The Morgan fingerprint density at radius 3 is 2.60 bits per heavy atom. The van der Waals surface area contributed by atoms with Gasteiger partial charge in [-0.05, 0) is 18.6 Å². The van der Waals surface area contributed by atoms with Crippen LogP contribution < -0.4 is 4.90 Å². The second-order valence-corrected chi connectivity index (χ2v) is 2.38. The molecule has 0 aliphatic rings. The van der Waals surface area contributed by atoms with E-state index in [-0.39, 0.29) is 0 Å². The highest BCUT2D eigenvalue weighted by Crippen LogP contribution is 2.11. The number of anilines is 1. The van der Waals surface area contributed by atoms with E-state index in [1.54, 1.807) is 6.20 Å². The minimum absolute atomic E-state index is 0.933. The molecule has 1 heterocycles. The third kappa shape index (κ3) is 1.26. The van der Waals surface area contributed by atoms with Crippen LogP contribution in [0.1, 0.15) is 5.56 Å². The number of pyridine rings is 1. The van der Waals surface area contributed by atoms with E-state index < -0.39 is 0 Å². The lowest BCUT2D eigenvalue weighted by Gasteiger charge is -2.12. The van der Waals surface area contributed by atoms with Gasteiger partial charge in [-0.15, -0.1) is 0 Å². The van der Waals surface area contributed by atoms with Crippen LogP contribution in [0, 0.1) is 6.92 Å². The molecule has 0 fully saturated rings. The molecule has 2 heteroatoms. The summed E-state index contributed by atoms with van der Waals surface area (Å²) in [6.45, 7) is 3.84. The molecular formula is C8H11N2. The first-order valence-corrected chi connectivity index (χ1v) is 3.16. The zero-order valence-electron chi connectivity index (χ0n) is 6.33. The molecule has 0 saturated carbocycles. The number of hydrogen-bond donors (Lipinski definition) is 0. The normalized spacial score (nSPS) is 9.50. The summed E-state index contributed by atoms with van der Waals surface area (Å²) >= 11 is 0. The van der Waals surface area contributed by atoms with Crippen molar-refractivity contribution in [2.45, 2.75) is 0 Å². The second-order valence-electron chi connectivity index (χ2n) is 2.38. The summed E-state index contributed by atoms with van der Waals surface area (Å²) in [5, 5.41) is 0. The molecule has 0 bridgehead atoms. The van der Waals surface area contributed by atoms with Gasteiger partial charge in [-0.25, -0.2) is 4.98 Å². The van der Waals surface area contributed by atoms with Crippen LogP contribution in [0.25, 0.3) is 0 Å². The quantitative estimate of drug-likeness (QED) is 0.577. The Hall–Kier alpha value is -1.05. The summed E-state index contributed by atoms with van der Waals surface area (Å²) < 4.78 is 0. The fourth-order valence-electron chi connectivity index (χ4n) is 0.833. The SMILES string of the molecule is [CH2]c1cccnc1N(C)C. The first-order chi connectivity index (χ1) is 4.72. The lowest BCUT2D eigenvalue weighted by molar-refractivity contribution is 1.06. The minimum Gasteiger partial charge on any atom is -0.363 e. The Morgan fingerprint density at radius 1 is 1.50 bits per heavy atom. The summed E-state index contributed by atoms with van der Waals surface area (Å²) in [4.78, 5) is 6.09. The molecule has 0 aromatic carbocycles. The molecule has 10 heavy (non-hydrogen) atoms. The Kier molecular flexibility index (Phi) is 1.90. The van der Waals surface area contributed by atoms with Crippen molar-refractivity contribution in [2.75, 3.05) is 19.0 Å². The summed E-state index contributed by atoms with van der Waals surface area (Å²) in [5.74, 6) is 0.933. The first kappa shape index (κ1) is 7.06. The first-order valence-electron chi connectivity index (χ1n) is 3.16. The van der Waals surface area contributed by atoms with Gasteiger partial charge in [0.15, 0.2) is 0 Å². The molecule has 0 aliphatic heterocycles. The Labute approximate surface area is 61.5 Å². The molecule has 0 spiro atoms. The van der Waals surface area contributed by atoms with Crippen molar-refractivity contribution in [2.24, 2.45) is 0 Å². The van der Waals surface area contributed by atoms with Gasteiger partial charge in [0.05, 0.1) is 0 Å². The van der Waals surface area contributed by atoms with Gasteiger partial charge >= 0.3 is 0 Å². The zero-order valence-corrected chi connectivity index (χ0v) is 6.33. The summed E-state index contributed by atoms with van der Waals surface area (Å²) in [7, 11) is 3.91. The van der Waals surface area contributed by atoms with Gasteiger partial charge in [-0.1, -0.05) is 6.07 Å². The van der Waals surface area contributed by atoms with Crippen molar-refractivity contribution in [1.82, 2.24) is 4.98 Å². The summed E-state index contributed by atoms with van der Waals surface area (Å²) in [6, 6.07) is 3.83. The van der Waals surface area contributed by atoms with Crippen molar-refractivity contribution in [1.29, 1.82) is 0 Å². The molecule has 1 rings (SSSR count). The van der Waals surface area contributed by atoms with Crippen LogP contribution in [0.3, 0.4) is 0 Å². The van der Waals surface area contributed by atoms with Crippen molar-refractivity contribution in [3.05, 3.63) is 30.8 Å². The second kappa shape index (κ2) is 2.69. The van der Waals surface area contributed by atoms with E-state index in [1.807, 2.05) is 31.1 Å². The number of rotatable bonds is 1. The average Bonchev–Trinajstić information content (AvgIpc) is 1.88. The van der Waals surface area contributed by atoms with E-state index in [2.05, 4.69) is 11.9 Å². The van der Waals surface area contributed by atoms with E-state index >= 15 is 0 Å². The molecule has 0 amide bonds. The fourth-order valence-corrected chi connectivity index (χ4v) is 0.833. The molecule has 0 atom stereocenters. The maximum Gasteiger partial charge on any atom is 0.131 e. The number of nitrogens with zero attached hydrogens (tertiary/aromatic N) is 2. The van der Waals surface area contributed by atoms with Gasteiger partial charge in [0, 0.05) is 20.3 Å². The van der Waals surface area contributed by atoms with Gasteiger partial charge in [0.25, 0.3) is 0 Å². The molecule has 53 valence electrons. The third-order valence-corrected chi connectivity index (χ3v) is 1.29. The molecule has 0 N–H and O–H groups in total. The van der Waals surface area contributed by atoms with Crippen LogP contribution in [0.5, 0.6) is 0 Å². The monoisotopic (exact) mass is 135 g/mol. The maximum absolute atomic E-state index is 4.14. The van der Waals surface area contributed by atoms with E-state index in [9.17, 15) is 0 Å². The molecule has 0 saturated heterocycles. The molecule has 2 nitrogen and oxygen atoms in total. The van der Waals surface area contributed by atoms with Crippen LogP contribution in [0.4, 0.5) is 5.82 Å². The van der Waals surface area contributed by atoms with E-state index in [1.165, 1.54) is 0 Å². The predicted molar refractivity (Wildman–Crippen MR) is 43.0 cm³/mol. The van der Waals surface area contributed by atoms with E-state index in [0.29, 0.717) is 0 Å². The lowest BCUT2D eigenvalue weighted by Crippen LogP contribution is -2.11. The lowest BCUT2D eigenvalue weighted by atomic mass is 10.3. The number of aromatic nitrogens is 1. The van der Waals surface area contributed by atoms with Gasteiger partial charge in [-0.2, -0.15) is 0 Å². The summed E-state index contributed by atoms with van der Waals surface area (Å²) in [6.07, 6.45) is 1.77. The topological polar surface area (TPSA) is 16.1 Å². The molecule has 1 radical (unpaired) electrons. The Bertz CT molecular complexity index is 218. The Balaban J connectivity index is 3.03. The molecule has 0 aliphatic carbocycles. The molecular weight excluding hydrogens is 124 g/mol. The standard InChI is InChI=1S/C8H11N2/c1-7-5-4-6-9-8(7)10(2)3/h4-6H,1H2,2-3H3. The van der Waals surface area contributed by atoms with Crippen molar-refractivity contribution in [3.8, 4) is 0 Å². The fraction of sp³-hybridized carbons (Fsp3) is 0.250. The van der Waals surface area contributed by atoms with Gasteiger partial charge in [0.2, 0.25) is 0 Å². The van der Waals surface area contributed by atoms with Crippen LogP contribution in [0.15, 0.2) is 18.3 Å². The van der Waals surface area contributed by atoms with E-state index in [0.717, 1.165) is 11.4 Å². The zero-order chi connectivity index (χ0) is 7.56. The van der Waals surface area contributed by atoms with Crippen molar-refractivity contribution < 1.29 is 0 Å². The maximum atomic E-state index is 4.14. The Morgan fingerprint density at radius 2 is 2.20 bits per heavy atom. The predicted octanol–water partition coefficient (Wildman–Crippen LogP) is 1.33. The number of hydrogen-bond acceptors (Lipinski definition) is 2. The highest BCUT2D eigenvalue weighted by molar-refractivity contribution is 5.46. The highest BCUT2D eigenvalue weighted by Gasteiger charge is 1.97. The van der Waals surface area contributed by atoms with Crippen LogP contribution in [-0.4, -0.2) is 19.1 Å². The van der Waals surface area contributed by atoms with Crippen molar-refractivity contribution in [3.63, 3.8) is 0 Å². The van der Waals surface area contributed by atoms with Crippen LogP contribution in [-0.2, 0) is 0 Å². The van der Waals surface area contributed by atoms with Gasteiger partial charge < -0.3 is 4.90 Å². The van der Waals surface area contributed by atoms with Crippen molar-refractivity contribution >= 4 is 5.82 Å².